The Bertz CT molecular complexity index is 859. The monoisotopic (exact) mass is 325 g/mol. The van der Waals surface area contributed by atoms with Crippen LogP contribution in [0.1, 0.15) is 34.8 Å². The molecule has 0 aliphatic rings. The highest BCUT2D eigenvalue weighted by Crippen LogP contribution is 2.19. The van der Waals surface area contributed by atoms with Crippen LogP contribution in [-0.4, -0.2) is 16.0 Å². The topological polar surface area (TPSA) is 68.0 Å². The Labute approximate surface area is 138 Å². The normalized spacial score (nSPS) is 12.0. The van der Waals surface area contributed by atoms with Crippen LogP contribution in [-0.2, 0) is 0 Å². The van der Waals surface area contributed by atoms with Crippen LogP contribution in [0.25, 0.3) is 11.4 Å². The first-order valence-electron chi connectivity index (χ1n) is 7.50. The minimum atomic E-state index is -0.446. The summed E-state index contributed by atoms with van der Waals surface area (Å²) in [4.78, 5) is 16.6. The van der Waals surface area contributed by atoms with E-state index in [0.717, 1.165) is 5.56 Å². The van der Waals surface area contributed by atoms with Crippen molar-refractivity contribution in [2.75, 3.05) is 0 Å². The van der Waals surface area contributed by atoms with Gasteiger partial charge in [-0.25, -0.2) is 4.39 Å². The van der Waals surface area contributed by atoms with Crippen LogP contribution in [0.3, 0.4) is 0 Å². The number of aryl methyl sites for hydroxylation is 1. The highest BCUT2D eigenvalue weighted by Gasteiger charge is 2.18. The predicted molar refractivity (Wildman–Crippen MR) is 86.8 cm³/mol. The number of benzene rings is 2. The molecule has 0 fully saturated rings. The molecule has 1 aromatic heterocycles. The summed E-state index contributed by atoms with van der Waals surface area (Å²) >= 11 is 0. The standard InChI is InChI=1S/C18H16FN3O2/c1-11-5-3-4-6-15(11)17(23)20-12(2)18-21-16(22-24-18)13-7-9-14(19)10-8-13/h3-10,12H,1-2H3,(H,20,23)/t12-/m1/s1. The molecule has 122 valence electrons. The fourth-order valence-electron chi connectivity index (χ4n) is 2.29. The van der Waals surface area contributed by atoms with Gasteiger partial charge in [0.2, 0.25) is 11.7 Å². The Hall–Kier alpha value is -3.02. The van der Waals surface area contributed by atoms with E-state index in [2.05, 4.69) is 15.5 Å². The fraction of sp³-hybridized carbons (Fsp3) is 0.167. The Morgan fingerprint density at radius 3 is 2.58 bits per heavy atom. The van der Waals surface area contributed by atoms with Crippen molar-refractivity contribution < 1.29 is 13.7 Å². The van der Waals surface area contributed by atoms with Gasteiger partial charge in [0, 0.05) is 11.1 Å². The van der Waals surface area contributed by atoms with E-state index >= 15 is 0 Å². The van der Waals surface area contributed by atoms with E-state index in [1.54, 1.807) is 25.1 Å². The number of hydrogen-bond donors (Lipinski definition) is 1. The van der Waals surface area contributed by atoms with Crippen molar-refractivity contribution in [3.63, 3.8) is 0 Å². The van der Waals surface area contributed by atoms with Gasteiger partial charge in [-0.1, -0.05) is 23.4 Å². The van der Waals surface area contributed by atoms with Crippen LogP contribution in [0.4, 0.5) is 4.39 Å². The van der Waals surface area contributed by atoms with Crippen LogP contribution in [0.15, 0.2) is 53.1 Å². The third kappa shape index (κ3) is 3.32. The molecule has 1 atom stereocenters. The van der Waals surface area contributed by atoms with Crippen molar-refractivity contribution in [1.29, 1.82) is 0 Å². The van der Waals surface area contributed by atoms with Gasteiger partial charge in [0.1, 0.15) is 11.9 Å². The van der Waals surface area contributed by atoms with Gasteiger partial charge in [-0.05, 0) is 49.7 Å². The zero-order chi connectivity index (χ0) is 17.1. The molecule has 2 aromatic carbocycles. The minimum absolute atomic E-state index is 0.206. The van der Waals surface area contributed by atoms with Gasteiger partial charge in [0.05, 0.1) is 0 Å². The maximum Gasteiger partial charge on any atom is 0.252 e. The third-order valence-corrected chi connectivity index (χ3v) is 3.65. The van der Waals surface area contributed by atoms with Crippen LogP contribution in [0, 0.1) is 12.7 Å². The number of carbonyl (C=O) groups is 1. The smallest absolute Gasteiger partial charge is 0.252 e. The average molecular weight is 325 g/mol. The lowest BCUT2D eigenvalue weighted by molar-refractivity contribution is 0.0932. The highest BCUT2D eigenvalue weighted by atomic mass is 19.1. The molecule has 1 heterocycles. The second-order valence-electron chi connectivity index (χ2n) is 5.47. The first-order valence-corrected chi connectivity index (χ1v) is 7.50. The number of carbonyl (C=O) groups excluding carboxylic acids is 1. The molecule has 1 N–H and O–H groups in total. The Kier molecular flexibility index (Phi) is 4.37. The van der Waals surface area contributed by atoms with Crippen molar-refractivity contribution in [3.8, 4) is 11.4 Å². The van der Waals surface area contributed by atoms with Crippen molar-refractivity contribution in [3.05, 3.63) is 71.4 Å². The summed E-state index contributed by atoms with van der Waals surface area (Å²) < 4.78 is 18.2. The molecule has 24 heavy (non-hydrogen) atoms. The van der Waals surface area contributed by atoms with E-state index in [9.17, 15) is 9.18 Å². The predicted octanol–water partition coefficient (Wildman–Crippen LogP) is 3.68. The fourth-order valence-corrected chi connectivity index (χ4v) is 2.29. The van der Waals surface area contributed by atoms with Gasteiger partial charge in [-0.15, -0.1) is 0 Å². The number of nitrogens with zero attached hydrogens (tertiary/aromatic N) is 2. The number of amides is 1. The summed E-state index contributed by atoms with van der Waals surface area (Å²) in [5.41, 5.74) is 2.13. The molecule has 1 amide bonds. The molecule has 3 aromatic rings. The number of nitrogens with one attached hydrogen (secondary N) is 1. The van der Waals surface area contributed by atoms with E-state index in [0.29, 0.717) is 17.0 Å². The van der Waals surface area contributed by atoms with Crippen molar-refractivity contribution in [2.45, 2.75) is 19.9 Å². The second-order valence-corrected chi connectivity index (χ2v) is 5.47. The summed E-state index contributed by atoms with van der Waals surface area (Å²) in [7, 11) is 0. The second kappa shape index (κ2) is 6.62. The molecule has 0 saturated heterocycles. The van der Waals surface area contributed by atoms with Crippen molar-refractivity contribution >= 4 is 5.91 Å². The van der Waals surface area contributed by atoms with Gasteiger partial charge in [0.15, 0.2) is 0 Å². The maximum absolute atomic E-state index is 13.0. The lowest BCUT2D eigenvalue weighted by atomic mass is 10.1. The Morgan fingerprint density at radius 1 is 1.17 bits per heavy atom. The molecule has 0 unspecified atom stereocenters. The van der Waals surface area contributed by atoms with Gasteiger partial charge < -0.3 is 9.84 Å². The first-order chi connectivity index (χ1) is 11.5. The van der Waals surface area contributed by atoms with Crippen LogP contribution in [0.5, 0.6) is 0 Å². The van der Waals surface area contributed by atoms with Crippen LogP contribution >= 0.6 is 0 Å². The third-order valence-electron chi connectivity index (χ3n) is 3.65. The van der Waals surface area contributed by atoms with Crippen LogP contribution in [0.2, 0.25) is 0 Å². The quantitative estimate of drug-likeness (QED) is 0.794. The molecule has 6 heteroatoms. The zero-order valence-electron chi connectivity index (χ0n) is 13.3. The number of aromatic nitrogens is 2. The average Bonchev–Trinajstić information content (AvgIpc) is 3.06. The largest absolute Gasteiger partial charge is 0.341 e. The number of hydrogen-bond acceptors (Lipinski definition) is 4. The van der Waals surface area contributed by atoms with E-state index in [4.69, 9.17) is 4.52 Å². The molecular weight excluding hydrogens is 309 g/mol. The molecular formula is C18H16FN3O2. The van der Waals surface area contributed by atoms with Crippen molar-refractivity contribution in [2.24, 2.45) is 0 Å². The van der Waals surface area contributed by atoms with Gasteiger partial charge in [-0.3, -0.25) is 4.79 Å². The molecule has 0 bridgehead atoms. The lowest BCUT2D eigenvalue weighted by Gasteiger charge is -2.11. The van der Waals surface area contributed by atoms with E-state index in [1.165, 1.54) is 12.1 Å². The highest BCUT2D eigenvalue weighted by molar-refractivity contribution is 5.95. The zero-order valence-corrected chi connectivity index (χ0v) is 13.3. The summed E-state index contributed by atoms with van der Waals surface area (Å²) in [5, 5.41) is 6.71. The van der Waals surface area contributed by atoms with Crippen LogP contribution < -0.4 is 5.32 Å². The van der Waals surface area contributed by atoms with Gasteiger partial charge in [0.25, 0.3) is 5.91 Å². The summed E-state index contributed by atoms with van der Waals surface area (Å²) in [6.07, 6.45) is 0. The molecule has 0 radical (unpaired) electrons. The number of halogens is 1. The van der Waals surface area contributed by atoms with Gasteiger partial charge in [-0.2, -0.15) is 4.98 Å². The minimum Gasteiger partial charge on any atom is -0.341 e. The first kappa shape index (κ1) is 15.9. The van der Waals surface area contributed by atoms with Crippen molar-refractivity contribution in [1.82, 2.24) is 15.5 Å². The molecule has 5 nitrogen and oxygen atoms in total. The molecule has 0 saturated carbocycles. The summed E-state index contributed by atoms with van der Waals surface area (Å²) in [6.45, 7) is 3.64. The molecule has 3 rings (SSSR count). The lowest BCUT2D eigenvalue weighted by Crippen LogP contribution is -2.27. The molecule has 0 aliphatic heterocycles. The van der Waals surface area contributed by atoms with E-state index in [-0.39, 0.29) is 17.6 Å². The van der Waals surface area contributed by atoms with E-state index < -0.39 is 6.04 Å². The Balaban J connectivity index is 1.74. The number of rotatable bonds is 4. The molecule has 0 spiro atoms. The molecule has 0 aliphatic carbocycles. The Morgan fingerprint density at radius 2 is 1.88 bits per heavy atom. The SMILES string of the molecule is Cc1ccccc1C(=O)N[C@H](C)c1nc(-c2ccc(F)cc2)no1. The van der Waals surface area contributed by atoms with Gasteiger partial charge >= 0.3 is 0 Å². The maximum atomic E-state index is 13.0. The summed E-state index contributed by atoms with van der Waals surface area (Å²) in [6, 6.07) is 12.7. The van der Waals surface area contributed by atoms with E-state index in [1.807, 2.05) is 25.1 Å². The summed E-state index contributed by atoms with van der Waals surface area (Å²) in [5.74, 6) is 0.0988.